The van der Waals surface area contributed by atoms with E-state index < -0.39 is 0 Å². The smallest absolute Gasteiger partial charge is 0.240 e. The van der Waals surface area contributed by atoms with Gasteiger partial charge >= 0.3 is 0 Å². The van der Waals surface area contributed by atoms with E-state index >= 15 is 0 Å². The molecule has 2 N–H and O–H groups in total. The van der Waals surface area contributed by atoms with E-state index in [0.717, 1.165) is 11.4 Å². The zero-order valence-electron chi connectivity index (χ0n) is 14.7. The van der Waals surface area contributed by atoms with Crippen LogP contribution in [-0.2, 0) is 9.59 Å². The number of nitrogens with one attached hydrogen (secondary N) is 2. The van der Waals surface area contributed by atoms with Crippen molar-refractivity contribution >= 4 is 23.2 Å². The molecule has 0 radical (unpaired) electrons. The van der Waals surface area contributed by atoms with Crippen LogP contribution in [0.25, 0.3) is 0 Å². The molecule has 0 aromatic heterocycles. The van der Waals surface area contributed by atoms with Gasteiger partial charge in [-0.3, -0.25) is 9.59 Å². The maximum atomic E-state index is 11.6. The predicted octanol–water partition coefficient (Wildman–Crippen LogP) is 2.84. The number of nitrogens with zero attached hydrogens (tertiary/aromatic N) is 2. The number of carbonyl (C=O) groups is 2. The number of hydrogen-bond donors (Lipinski definition) is 2. The zero-order chi connectivity index (χ0) is 17.1. The maximum absolute atomic E-state index is 11.6. The summed E-state index contributed by atoms with van der Waals surface area (Å²) in [6, 6.07) is 0. The molecule has 0 unspecified atom stereocenters. The molecule has 0 atom stereocenters. The quantitative estimate of drug-likeness (QED) is 0.390. The fraction of sp³-hybridized carbons (Fsp3) is 0.750. The van der Waals surface area contributed by atoms with E-state index in [9.17, 15) is 9.59 Å². The molecule has 0 bridgehead atoms. The predicted molar refractivity (Wildman–Crippen MR) is 90.6 cm³/mol. The topological polar surface area (TPSA) is 82.9 Å². The molecule has 2 amide bonds. The summed E-state index contributed by atoms with van der Waals surface area (Å²) in [5.41, 5.74) is 6.85. The monoisotopic (exact) mass is 310 g/mol. The fourth-order valence-corrected chi connectivity index (χ4v) is 1.24. The highest BCUT2D eigenvalue weighted by molar-refractivity contribution is 5.86. The lowest BCUT2D eigenvalue weighted by molar-refractivity contribution is -0.123. The van der Waals surface area contributed by atoms with Gasteiger partial charge in [0, 0.05) is 24.3 Å². The molecule has 6 nitrogen and oxygen atoms in total. The van der Waals surface area contributed by atoms with Gasteiger partial charge in [-0.25, -0.2) is 10.9 Å². The van der Waals surface area contributed by atoms with E-state index in [1.807, 2.05) is 41.5 Å². The summed E-state index contributed by atoms with van der Waals surface area (Å²) in [6.45, 7) is 11.9. The Labute approximate surface area is 133 Å². The van der Waals surface area contributed by atoms with E-state index in [0.29, 0.717) is 37.5 Å². The largest absolute Gasteiger partial charge is 0.273 e. The third-order valence-electron chi connectivity index (χ3n) is 3.44. The molecule has 0 spiro atoms. The average Bonchev–Trinajstić information content (AvgIpc) is 2.46. The number of carbonyl (C=O) groups excluding carboxylic acids is 2. The Morgan fingerprint density at radius 3 is 1.36 bits per heavy atom. The first kappa shape index (κ1) is 20.3. The van der Waals surface area contributed by atoms with Gasteiger partial charge in [-0.2, -0.15) is 10.2 Å². The summed E-state index contributed by atoms with van der Waals surface area (Å²) in [6.07, 6.45) is 2.05. The van der Waals surface area contributed by atoms with E-state index in [1.165, 1.54) is 0 Å². The molecule has 126 valence electrons. The minimum atomic E-state index is -0.117. The lowest BCUT2D eigenvalue weighted by atomic mass is 10.1. The molecule has 0 aliphatic rings. The van der Waals surface area contributed by atoms with Gasteiger partial charge in [0.2, 0.25) is 11.8 Å². The van der Waals surface area contributed by atoms with Crippen molar-refractivity contribution in [3.8, 4) is 0 Å². The van der Waals surface area contributed by atoms with E-state index in [-0.39, 0.29) is 11.8 Å². The SMILES string of the molecule is C/C(=N/NC(=O)CCCCC(=O)N/N=C(/C)C(C)C)C(C)C. The third kappa shape index (κ3) is 10.1. The van der Waals surface area contributed by atoms with Crippen molar-refractivity contribution in [2.75, 3.05) is 0 Å². The molecule has 0 saturated carbocycles. The van der Waals surface area contributed by atoms with Crippen molar-refractivity contribution in [2.24, 2.45) is 22.0 Å². The van der Waals surface area contributed by atoms with Crippen LogP contribution in [0.3, 0.4) is 0 Å². The number of hydrogen-bond acceptors (Lipinski definition) is 4. The normalized spacial score (nSPS) is 12.7. The van der Waals surface area contributed by atoms with Crippen LogP contribution in [0.2, 0.25) is 0 Å². The van der Waals surface area contributed by atoms with Crippen molar-refractivity contribution in [3.63, 3.8) is 0 Å². The lowest BCUT2D eigenvalue weighted by Gasteiger charge is -2.06. The van der Waals surface area contributed by atoms with Crippen LogP contribution in [0, 0.1) is 11.8 Å². The molecule has 0 aromatic carbocycles. The van der Waals surface area contributed by atoms with Gasteiger partial charge in [0.1, 0.15) is 0 Å². The first-order chi connectivity index (χ1) is 10.2. The molecular weight excluding hydrogens is 280 g/mol. The van der Waals surface area contributed by atoms with Gasteiger partial charge in [0.25, 0.3) is 0 Å². The Morgan fingerprint density at radius 2 is 1.09 bits per heavy atom. The highest BCUT2D eigenvalue weighted by atomic mass is 16.2. The van der Waals surface area contributed by atoms with Crippen LogP contribution < -0.4 is 10.9 Å². The standard InChI is InChI=1S/C16H30N4O2/c1-11(2)13(5)17-19-15(21)9-7-8-10-16(22)20-18-14(6)12(3)4/h11-12H,7-10H2,1-6H3,(H,19,21)(H,20,22)/b17-13-,18-14-. The summed E-state index contributed by atoms with van der Waals surface area (Å²) in [7, 11) is 0. The Balaban J connectivity index is 3.85. The van der Waals surface area contributed by atoms with Crippen molar-refractivity contribution in [2.45, 2.75) is 67.2 Å². The molecule has 6 heteroatoms. The van der Waals surface area contributed by atoms with Crippen molar-refractivity contribution < 1.29 is 9.59 Å². The Bertz CT molecular complexity index is 386. The summed E-state index contributed by atoms with van der Waals surface area (Å²) in [5.74, 6) is 0.404. The molecule has 0 aromatic rings. The number of hydrazone groups is 2. The minimum absolute atomic E-state index is 0.117. The van der Waals surface area contributed by atoms with Crippen LogP contribution in [-0.4, -0.2) is 23.2 Å². The van der Waals surface area contributed by atoms with Gasteiger partial charge in [-0.15, -0.1) is 0 Å². The van der Waals surface area contributed by atoms with Gasteiger partial charge < -0.3 is 0 Å². The molecule has 22 heavy (non-hydrogen) atoms. The highest BCUT2D eigenvalue weighted by Gasteiger charge is 2.05. The summed E-state index contributed by atoms with van der Waals surface area (Å²) in [5, 5.41) is 8.05. The first-order valence-electron chi connectivity index (χ1n) is 7.90. The molecule has 0 fully saturated rings. The second-order valence-electron chi connectivity index (χ2n) is 6.09. The van der Waals surface area contributed by atoms with Crippen molar-refractivity contribution in [1.82, 2.24) is 10.9 Å². The fourth-order valence-electron chi connectivity index (χ4n) is 1.24. The molecule has 0 rings (SSSR count). The third-order valence-corrected chi connectivity index (χ3v) is 3.44. The molecule has 0 aliphatic carbocycles. The average molecular weight is 310 g/mol. The molecule has 0 heterocycles. The van der Waals surface area contributed by atoms with Gasteiger partial charge in [-0.05, 0) is 38.5 Å². The summed E-state index contributed by atoms with van der Waals surface area (Å²) >= 11 is 0. The zero-order valence-corrected chi connectivity index (χ0v) is 14.7. The summed E-state index contributed by atoms with van der Waals surface area (Å²) in [4.78, 5) is 23.1. The second kappa shape index (κ2) is 10.9. The highest BCUT2D eigenvalue weighted by Crippen LogP contribution is 2.01. The second-order valence-corrected chi connectivity index (χ2v) is 6.09. The van der Waals surface area contributed by atoms with Crippen LogP contribution in [0.15, 0.2) is 10.2 Å². The number of amides is 2. The van der Waals surface area contributed by atoms with Gasteiger partial charge in [0.05, 0.1) is 0 Å². The molecular formula is C16H30N4O2. The number of unbranched alkanes of at least 4 members (excludes halogenated alkanes) is 1. The minimum Gasteiger partial charge on any atom is -0.273 e. The van der Waals surface area contributed by atoms with E-state index in [4.69, 9.17) is 0 Å². The van der Waals surface area contributed by atoms with Crippen molar-refractivity contribution in [1.29, 1.82) is 0 Å². The maximum Gasteiger partial charge on any atom is 0.240 e. The van der Waals surface area contributed by atoms with Gasteiger partial charge in [0.15, 0.2) is 0 Å². The lowest BCUT2D eigenvalue weighted by Crippen LogP contribution is -2.21. The van der Waals surface area contributed by atoms with E-state index in [2.05, 4.69) is 21.1 Å². The van der Waals surface area contributed by atoms with E-state index in [1.54, 1.807) is 0 Å². The van der Waals surface area contributed by atoms with Crippen LogP contribution >= 0.6 is 0 Å². The van der Waals surface area contributed by atoms with Crippen LogP contribution in [0.1, 0.15) is 67.2 Å². The number of rotatable bonds is 9. The molecule has 0 saturated heterocycles. The Kier molecular flexibility index (Phi) is 10.1. The van der Waals surface area contributed by atoms with Crippen molar-refractivity contribution in [3.05, 3.63) is 0 Å². The Hall–Kier alpha value is -1.72. The van der Waals surface area contributed by atoms with Crippen LogP contribution in [0.4, 0.5) is 0 Å². The molecule has 0 aliphatic heterocycles. The Morgan fingerprint density at radius 1 is 0.773 bits per heavy atom. The summed E-state index contributed by atoms with van der Waals surface area (Å²) < 4.78 is 0. The van der Waals surface area contributed by atoms with Crippen LogP contribution in [0.5, 0.6) is 0 Å². The van der Waals surface area contributed by atoms with Gasteiger partial charge in [-0.1, -0.05) is 27.7 Å². The first-order valence-corrected chi connectivity index (χ1v) is 7.90.